The van der Waals surface area contributed by atoms with Gasteiger partial charge in [0.05, 0.1) is 21.4 Å². The molecule has 11 aromatic rings. The molecule has 0 atom stereocenters. The third-order valence-corrected chi connectivity index (χ3v) is 11.4. The number of fused-ring (bicyclic) bond motifs is 8. The highest BCUT2D eigenvalue weighted by molar-refractivity contribution is 7.26. The van der Waals surface area contributed by atoms with Crippen LogP contribution in [0.25, 0.3) is 103 Å². The summed E-state index contributed by atoms with van der Waals surface area (Å²) >= 11 is 1.83. The summed E-state index contributed by atoms with van der Waals surface area (Å²) in [4.78, 5) is 15.5. The van der Waals surface area contributed by atoms with E-state index in [1.54, 1.807) is 0 Å². The van der Waals surface area contributed by atoms with E-state index in [9.17, 15) is 0 Å². The monoisotopic (exact) mass is 680 g/mol. The van der Waals surface area contributed by atoms with E-state index in [1.807, 2.05) is 29.5 Å². The van der Waals surface area contributed by atoms with Gasteiger partial charge in [-0.25, -0.2) is 15.0 Å². The second-order valence-electron chi connectivity index (χ2n) is 13.2. The van der Waals surface area contributed by atoms with Crippen LogP contribution in [0.3, 0.4) is 0 Å². The van der Waals surface area contributed by atoms with Gasteiger partial charge in [-0.1, -0.05) is 127 Å². The maximum atomic E-state index is 5.24. The van der Waals surface area contributed by atoms with Crippen LogP contribution >= 0.6 is 11.3 Å². The van der Waals surface area contributed by atoms with Gasteiger partial charge in [-0.05, 0) is 64.0 Å². The van der Waals surface area contributed by atoms with Crippen molar-refractivity contribution in [1.82, 2.24) is 19.5 Å². The summed E-state index contributed by atoms with van der Waals surface area (Å²) in [6.07, 6.45) is 0. The Kier molecular flexibility index (Phi) is 6.39. The van der Waals surface area contributed by atoms with Gasteiger partial charge in [0.2, 0.25) is 0 Å². The Morgan fingerprint density at radius 1 is 0.404 bits per heavy atom. The average molecular weight is 681 g/mol. The molecule has 0 amide bonds. The third kappa shape index (κ3) is 4.50. The van der Waals surface area contributed by atoms with Gasteiger partial charge in [0.25, 0.3) is 0 Å². The third-order valence-electron chi connectivity index (χ3n) is 10.2. The van der Waals surface area contributed by atoms with Crippen molar-refractivity contribution in [2.45, 2.75) is 0 Å². The fourth-order valence-corrected chi connectivity index (χ4v) is 8.99. The first-order valence-electron chi connectivity index (χ1n) is 17.4. The molecule has 0 unspecified atom stereocenters. The van der Waals surface area contributed by atoms with Crippen molar-refractivity contribution in [3.63, 3.8) is 0 Å². The van der Waals surface area contributed by atoms with Crippen molar-refractivity contribution in [2.75, 3.05) is 0 Å². The zero-order valence-corrected chi connectivity index (χ0v) is 28.7. The van der Waals surface area contributed by atoms with Crippen LogP contribution in [0.1, 0.15) is 0 Å². The molecule has 0 aliphatic carbocycles. The second-order valence-corrected chi connectivity index (χ2v) is 14.3. The van der Waals surface area contributed by atoms with E-state index in [2.05, 4.69) is 156 Å². The fourth-order valence-electron chi connectivity index (χ4n) is 7.76. The lowest BCUT2D eigenvalue weighted by molar-refractivity contribution is 1.08. The molecule has 3 aromatic heterocycles. The largest absolute Gasteiger partial charge is 0.308 e. The smallest absolute Gasteiger partial charge is 0.164 e. The molecule has 3 heterocycles. The Morgan fingerprint density at radius 3 is 1.87 bits per heavy atom. The van der Waals surface area contributed by atoms with Crippen LogP contribution in [0.15, 0.2) is 170 Å². The van der Waals surface area contributed by atoms with E-state index in [1.165, 1.54) is 52.8 Å². The lowest BCUT2D eigenvalue weighted by atomic mass is 10.0. The number of nitrogens with zero attached hydrogens (tertiary/aromatic N) is 4. The first kappa shape index (κ1) is 29.1. The van der Waals surface area contributed by atoms with Crippen molar-refractivity contribution in [3.05, 3.63) is 170 Å². The van der Waals surface area contributed by atoms with E-state index >= 15 is 0 Å². The summed E-state index contributed by atoms with van der Waals surface area (Å²) in [5.74, 6) is 1.96. The molecule has 8 aromatic carbocycles. The SMILES string of the molecule is c1ccc(-c2nc(-c3ccc4ccccc4c3)nc(-c3ccc(-n4c5ccccc5c5cc6ccccc6cc54)c4sc5ccccc5c34)n2)cc1. The topological polar surface area (TPSA) is 43.6 Å². The summed E-state index contributed by atoms with van der Waals surface area (Å²) in [5, 5.41) is 9.64. The highest BCUT2D eigenvalue weighted by Gasteiger charge is 2.22. The molecule has 4 nitrogen and oxygen atoms in total. The van der Waals surface area contributed by atoms with E-state index in [0.717, 1.165) is 33.2 Å². The summed E-state index contributed by atoms with van der Waals surface area (Å²) in [7, 11) is 0. The molecule has 11 rings (SSSR count). The zero-order chi connectivity index (χ0) is 34.2. The number of hydrogen-bond donors (Lipinski definition) is 0. The van der Waals surface area contributed by atoms with Crippen molar-refractivity contribution in [1.29, 1.82) is 0 Å². The highest BCUT2D eigenvalue weighted by atomic mass is 32.1. The zero-order valence-electron chi connectivity index (χ0n) is 27.9. The maximum Gasteiger partial charge on any atom is 0.164 e. The predicted octanol–water partition coefficient (Wildman–Crippen LogP) is 12.6. The Balaban J connectivity index is 1.21. The molecular formula is C47H28N4S. The van der Waals surface area contributed by atoms with Gasteiger partial charge in [-0.15, -0.1) is 11.3 Å². The number of rotatable bonds is 4. The summed E-state index contributed by atoms with van der Waals surface area (Å²) in [6, 6.07) is 60.3. The molecule has 0 N–H and O–H groups in total. The first-order chi connectivity index (χ1) is 25.8. The van der Waals surface area contributed by atoms with Gasteiger partial charge >= 0.3 is 0 Å². The Hall–Kier alpha value is -6.69. The molecule has 5 heteroatoms. The quantitative estimate of drug-likeness (QED) is 0.186. The lowest BCUT2D eigenvalue weighted by Crippen LogP contribution is -2.01. The van der Waals surface area contributed by atoms with Gasteiger partial charge in [-0.2, -0.15) is 0 Å². The van der Waals surface area contributed by atoms with Crippen LogP contribution in [-0.2, 0) is 0 Å². The number of aromatic nitrogens is 4. The average Bonchev–Trinajstić information content (AvgIpc) is 3.76. The van der Waals surface area contributed by atoms with Crippen LogP contribution in [0.2, 0.25) is 0 Å². The maximum absolute atomic E-state index is 5.24. The number of thiophene rings is 1. The van der Waals surface area contributed by atoms with Gasteiger partial charge < -0.3 is 4.57 Å². The van der Waals surface area contributed by atoms with Crippen molar-refractivity contribution < 1.29 is 0 Å². The number of hydrogen-bond acceptors (Lipinski definition) is 4. The van der Waals surface area contributed by atoms with Gasteiger partial charge in [0, 0.05) is 42.9 Å². The van der Waals surface area contributed by atoms with E-state index in [0.29, 0.717) is 17.5 Å². The normalized spacial score (nSPS) is 11.8. The second kappa shape index (κ2) is 11.4. The minimum absolute atomic E-state index is 0.653. The van der Waals surface area contributed by atoms with Crippen molar-refractivity contribution >= 4 is 74.9 Å². The fraction of sp³-hybridized carbons (Fsp3) is 0. The van der Waals surface area contributed by atoms with Crippen molar-refractivity contribution in [3.8, 4) is 39.9 Å². The lowest BCUT2D eigenvalue weighted by Gasteiger charge is -2.13. The molecule has 0 radical (unpaired) electrons. The van der Waals surface area contributed by atoms with Crippen LogP contribution in [0, 0.1) is 0 Å². The standard InChI is InChI=1S/C47H28N4S/c1-2-13-30(14-3-1)45-48-46(34-23-22-29-12-4-5-15-31(29)26-34)50-47(49-45)37-24-25-40(44-43(37)36-19-9-11-21-42(36)52-44)51-39-20-10-8-18-35(39)38-27-32-16-6-7-17-33(32)28-41(38)51/h1-28H. The number of benzene rings is 8. The molecular weight excluding hydrogens is 653 g/mol. The van der Waals surface area contributed by atoms with Crippen LogP contribution in [0.4, 0.5) is 0 Å². The van der Waals surface area contributed by atoms with E-state index < -0.39 is 0 Å². The van der Waals surface area contributed by atoms with Crippen LogP contribution < -0.4 is 0 Å². The minimum Gasteiger partial charge on any atom is -0.308 e. The number of para-hydroxylation sites is 1. The Bertz CT molecular complexity index is 3190. The molecule has 52 heavy (non-hydrogen) atoms. The Morgan fingerprint density at radius 2 is 1.04 bits per heavy atom. The summed E-state index contributed by atoms with van der Waals surface area (Å²) in [6.45, 7) is 0. The summed E-state index contributed by atoms with van der Waals surface area (Å²) < 4.78 is 4.87. The minimum atomic E-state index is 0.653. The highest BCUT2D eigenvalue weighted by Crippen LogP contribution is 2.45. The summed E-state index contributed by atoms with van der Waals surface area (Å²) in [5.41, 5.74) is 6.42. The van der Waals surface area contributed by atoms with Crippen molar-refractivity contribution in [2.24, 2.45) is 0 Å². The van der Waals surface area contributed by atoms with Gasteiger partial charge in [0.1, 0.15) is 0 Å². The van der Waals surface area contributed by atoms with E-state index in [4.69, 9.17) is 15.0 Å². The Labute approximate surface area is 302 Å². The van der Waals surface area contributed by atoms with E-state index in [-0.39, 0.29) is 0 Å². The molecule has 242 valence electrons. The molecule has 0 fully saturated rings. The molecule has 0 aliphatic heterocycles. The predicted molar refractivity (Wildman–Crippen MR) is 218 cm³/mol. The molecule has 0 spiro atoms. The van der Waals surface area contributed by atoms with Gasteiger partial charge in [-0.3, -0.25) is 0 Å². The molecule has 0 bridgehead atoms. The molecule has 0 saturated carbocycles. The molecule has 0 saturated heterocycles. The van der Waals surface area contributed by atoms with Crippen LogP contribution in [-0.4, -0.2) is 19.5 Å². The molecule has 0 aliphatic rings. The van der Waals surface area contributed by atoms with Crippen LogP contribution in [0.5, 0.6) is 0 Å². The first-order valence-corrected chi connectivity index (χ1v) is 18.3. The van der Waals surface area contributed by atoms with Gasteiger partial charge in [0.15, 0.2) is 17.5 Å².